The highest BCUT2D eigenvalue weighted by Gasteiger charge is 2.36. The molecule has 0 atom stereocenters. The first kappa shape index (κ1) is 25.4. The van der Waals surface area contributed by atoms with Gasteiger partial charge in [-0.15, -0.1) is 0 Å². The van der Waals surface area contributed by atoms with Crippen LogP contribution in [0.25, 0.3) is 11.1 Å². The Bertz CT molecular complexity index is 1280. The van der Waals surface area contributed by atoms with E-state index >= 15 is 0 Å². The number of likely N-dealkylation sites (tertiary alicyclic amines) is 1. The zero-order valence-electron chi connectivity index (χ0n) is 20.0. The van der Waals surface area contributed by atoms with Gasteiger partial charge >= 0.3 is 6.18 Å². The summed E-state index contributed by atoms with van der Waals surface area (Å²) in [6, 6.07) is 22.1. The number of nitriles is 2. The fourth-order valence-corrected chi connectivity index (χ4v) is 4.67. The molecule has 1 saturated heterocycles. The monoisotopic (exact) mass is 489 g/mol. The highest BCUT2D eigenvalue weighted by Crippen LogP contribution is 2.37. The molecule has 1 aliphatic rings. The summed E-state index contributed by atoms with van der Waals surface area (Å²) in [6.45, 7) is 2.18. The van der Waals surface area contributed by atoms with E-state index in [-0.39, 0.29) is 12.0 Å². The summed E-state index contributed by atoms with van der Waals surface area (Å²) >= 11 is 0. The Labute approximate surface area is 209 Å². The van der Waals surface area contributed by atoms with Gasteiger partial charge in [-0.2, -0.15) is 23.7 Å². The zero-order chi connectivity index (χ0) is 25.8. The third-order valence-electron chi connectivity index (χ3n) is 6.89. The van der Waals surface area contributed by atoms with Crippen molar-refractivity contribution in [1.82, 2.24) is 4.90 Å². The molecule has 0 unspecified atom stereocenters. The van der Waals surface area contributed by atoms with Crippen LogP contribution in [0.3, 0.4) is 0 Å². The van der Waals surface area contributed by atoms with Crippen LogP contribution in [0.5, 0.6) is 0 Å². The van der Waals surface area contributed by atoms with Crippen molar-refractivity contribution in [3.63, 3.8) is 0 Å². The van der Waals surface area contributed by atoms with Gasteiger partial charge in [0, 0.05) is 5.41 Å². The number of alkyl halides is 3. The molecule has 0 amide bonds. The Balaban J connectivity index is 1.58. The molecule has 3 aromatic rings. The molecule has 4 nitrogen and oxygen atoms in total. The van der Waals surface area contributed by atoms with Crippen LogP contribution in [-0.4, -0.2) is 31.6 Å². The predicted molar refractivity (Wildman–Crippen MR) is 131 cm³/mol. The minimum absolute atomic E-state index is 0.0427. The SMILES string of the molecule is CN1CCC(COCc2cc(-c3ccc(C#N)cc3)cc(C(F)(F)F)c2)(c2ccc(C#N)cc2)CC1. The maximum absolute atomic E-state index is 13.7. The summed E-state index contributed by atoms with van der Waals surface area (Å²) in [4.78, 5) is 2.25. The number of hydrogen-bond donors (Lipinski definition) is 0. The number of nitrogens with zero attached hydrogens (tertiary/aromatic N) is 3. The number of halogens is 3. The molecule has 0 spiro atoms. The molecule has 0 aromatic heterocycles. The molecule has 7 heteroatoms. The van der Waals surface area contributed by atoms with E-state index in [0.717, 1.165) is 43.6 Å². The first-order valence-corrected chi connectivity index (χ1v) is 11.7. The molecule has 0 saturated carbocycles. The Kier molecular flexibility index (Phi) is 7.45. The lowest BCUT2D eigenvalue weighted by molar-refractivity contribution is -0.137. The van der Waals surface area contributed by atoms with Gasteiger partial charge in [0.25, 0.3) is 0 Å². The van der Waals surface area contributed by atoms with E-state index < -0.39 is 11.7 Å². The first-order chi connectivity index (χ1) is 17.2. The summed E-state index contributed by atoms with van der Waals surface area (Å²) in [5.74, 6) is 0. The van der Waals surface area contributed by atoms with Crippen LogP contribution in [0.4, 0.5) is 13.2 Å². The summed E-state index contributed by atoms with van der Waals surface area (Å²) < 4.78 is 47.1. The van der Waals surface area contributed by atoms with Crippen LogP contribution < -0.4 is 0 Å². The second-order valence-electron chi connectivity index (χ2n) is 9.37. The number of hydrogen-bond acceptors (Lipinski definition) is 4. The predicted octanol–water partition coefficient (Wildman–Crippen LogP) is 6.30. The molecule has 1 heterocycles. The maximum atomic E-state index is 13.7. The van der Waals surface area contributed by atoms with E-state index in [1.807, 2.05) is 18.2 Å². The average Bonchev–Trinajstić information content (AvgIpc) is 2.89. The minimum atomic E-state index is -4.49. The quantitative estimate of drug-likeness (QED) is 0.408. The number of piperidine rings is 1. The highest BCUT2D eigenvalue weighted by molar-refractivity contribution is 5.66. The van der Waals surface area contributed by atoms with E-state index in [9.17, 15) is 13.2 Å². The lowest BCUT2D eigenvalue weighted by atomic mass is 9.73. The van der Waals surface area contributed by atoms with E-state index in [1.165, 1.54) is 0 Å². The molecular formula is C29H26F3N3O. The van der Waals surface area contributed by atoms with E-state index in [2.05, 4.69) is 18.0 Å². The van der Waals surface area contributed by atoms with Gasteiger partial charge in [0.2, 0.25) is 0 Å². The number of rotatable bonds is 6. The molecule has 0 N–H and O–H groups in total. The summed E-state index contributed by atoms with van der Waals surface area (Å²) in [5, 5.41) is 18.2. The van der Waals surface area contributed by atoms with Crippen LogP contribution in [0.2, 0.25) is 0 Å². The third kappa shape index (κ3) is 5.76. The fourth-order valence-electron chi connectivity index (χ4n) is 4.67. The fraction of sp³-hybridized carbons (Fsp3) is 0.310. The van der Waals surface area contributed by atoms with Gasteiger partial charge in [0.15, 0.2) is 0 Å². The maximum Gasteiger partial charge on any atom is 0.416 e. The molecule has 0 radical (unpaired) electrons. The van der Waals surface area contributed by atoms with Crippen molar-refractivity contribution >= 4 is 0 Å². The molecule has 1 aliphatic heterocycles. The average molecular weight is 490 g/mol. The molecule has 4 rings (SSSR count). The van der Waals surface area contributed by atoms with Crippen LogP contribution >= 0.6 is 0 Å². The van der Waals surface area contributed by atoms with Gasteiger partial charge in [-0.3, -0.25) is 0 Å². The lowest BCUT2D eigenvalue weighted by Gasteiger charge is -2.41. The summed E-state index contributed by atoms with van der Waals surface area (Å²) in [6.07, 6.45) is -2.78. The van der Waals surface area contributed by atoms with Crippen LogP contribution in [0.1, 0.15) is 40.7 Å². The van der Waals surface area contributed by atoms with E-state index in [4.69, 9.17) is 15.3 Å². The Morgan fingerprint density at radius 3 is 2.00 bits per heavy atom. The van der Waals surface area contributed by atoms with Gasteiger partial charge in [-0.1, -0.05) is 24.3 Å². The third-order valence-corrected chi connectivity index (χ3v) is 6.89. The molecule has 36 heavy (non-hydrogen) atoms. The van der Waals surface area contributed by atoms with Crippen molar-refractivity contribution in [2.45, 2.75) is 31.0 Å². The highest BCUT2D eigenvalue weighted by atomic mass is 19.4. The first-order valence-electron chi connectivity index (χ1n) is 11.7. The van der Waals surface area contributed by atoms with Crippen LogP contribution in [-0.2, 0) is 22.9 Å². The molecule has 0 aliphatic carbocycles. The minimum Gasteiger partial charge on any atom is -0.376 e. The van der Waals surface area contributed by atoms with Crippen molar-refractivity contribution in [3.8, 4) is 23.3 Å². The van der Waals surface area contributed by atoms with Crippen molar-refractivity contribution in [2.75, 3.05) is 26.7 Å². The number of ether oxygens (including phenoxy) is 1. The van der Waals surface area contributed by atoms with Crippen LogP contribution in [0.15, 0.2) is 66.7 Å². The molecule has 184 valence electrons. The molecule has 1 fully saturated rings. The Morgan fingerprint density at radius 1 is 0.861 bits per heavy atom. The lowest BCUT2D eigenvalue weighted by Crippen LogP contribution is -2.43. The normalized spacial score (nSPS) is 15.7. The molecular weight excluding hydrogens is 463 g/mol. The van der Waals surface area contributed by atoms with Crippen molar-refractivity contribution < 1.29 is 17.9 Å². The van der Waals surface area contributed by atoms with E-state index in [1.54, 1.807) is 42.5 Å². The van der Waals surface area contributed by atoms with Crippen molar-refractivity contribution in [3.05, 3.63) is 94.5 Å². The number of benzene rings is 3. The van der Waals surface area contributed by atoms with Gasteiger partial charge in [-0.25, -0.2) is 0 Å². The molecule has 3 aromatic carbocycles. The van der Waals surface area contributed by atoms with Gasteiger partial charge in [0.05, 0.1) is 42.0 Å². The smallest absolute Gasteiger partial charge is 0.376 e. The summed E-state index contributed by atoms with van der Waals surface area (Å²) in [5.41, 5.74) is 2.58. The van der Waals surface area contributed by atoms with Crippen molar-refractivity contribution in [2.24, 2.45) is 0 Å². The zero-order valence-corrected chi connectivity index (χ0v) is 20.0. The Hall–Kier alpha value is -3.65. The van der Waals surface area contributed by atoms with Gasteiger partial charge < -0.3 is 9.64 Å². The molecule has 0 bridgehead atoms. The standard InChI is InChI=1S/C29H26F3N3O/c1-35-12-10-28(11-13-35,26-8-4-22(18-34)5-9-26)20-36-19-23-14-25(16-27(15-23)29(30,31)32)24-6-2-21(17-33)3-7-24/h2-9,14-16H,10-13,19-20H2,1H3. The second kappa shape index (κ2) is 10.5. The van der Waals surface area contributed by atoms with Gasteiger partial charge in [0.1, 0.15) is 0 Å². The largest absolute Gasteiger partial charge is 0.416 e. The topological polar surface area (TPSA) is 60.0 Å². The Morgan fingerprint density at radius 2 is 1.44 bits per heavy atom. The van der Waals surface area contributed by atoms with E-state index in [0.29, 0.717) is 34.4 Å². The summed E-state index contributed by atoms with van der Waals surface area (Å²) in [7, 11) is 2.07. The van der Waals surface area contributed by atoms with Gasteiger partial charge in [-0.05, 0) is 97.7 Å². The van der Waals surface area contributed by atoms with Crippen LogP contribution in [0, 0.1) is 22.7 Å². The second-order valence-corrected chi connectivity index (χ2v) is 9.37. The van der Waals surface area contributed by atoms with Crippen molar-refractivity contribution in [1.29, 1.82) is 10.5 Å².